The Labute approximate surface area is 351 Å². The lowest BCUT2D eigenvalue weighted by Crippen LogP contribution is -2.44. The van der Waals surface area contributed by atoms with Crippen LogP contribution in [0.25, 0.3) is 0 Å². The van der Waals surface area contributed by atoms with Crippen molar-refractivity contribution >= 4 is 35.3 Å². The van der Waals surface area contributed by atoms with Crippen molar-refractivity contribution < 1.29 is 33.3 Å². The summed E-state index contributed by atoms with van der Waals surface area (Å²) in [6.07, 6.45) is 4.25. The zero-order valence-corrected chi connectivity index (χ0v) is 36.7. The number of likely N-dealkylation sites (tertiary alicyclic amines) is 2. The molecular weight excluding hydrogens is 749 g/mol. The average Bonchev–Trinajstić information content (AvgIpc) is 3.65. The van der Waals surface area contributed by atoms with Crippen LogP contribution in [0, 0.1) is 0 Å². The van der Waals surface area contributed by atoms with Gasteiger partial charge in [-0.1, -0.05) is 36.4 Å². The van der Waals surface area contributed by atoms with Gasteiger partial charge in [0, 0.05) is 36.7 Å². The highest BCUT2D eigenvalue weighted by atomic mass is 16.6. The summed E-state index contributed by atoms with van der Waals surface area (Å²) in [5.41, 5.74) is 21.2. The molecule has 0 saturated carbocycles. The monoisotopic (exact) mass is 817 g/mol. The van der Waals surface area contributed by atoms with Crippen molar-refractivity contribution in [2.75, 3.05) is 50.0 Å². The van der Waals surface area contributed by atoms with Gasteiger partial charge < -0.3 is 50.8 Å². The van der Waals surface area contributed by atoms with E-state index < -0.39 is 16.8 Å². The molecule has 13 nitrogen and oxygen atoms in total. The van der Waals surface area contributed by atoms with E-state index in [1.807, 2.05) is 145 Å². The largest absolute Gasteiger partial charge is 0.444 e. The number of carbonyl (C=O) groups is 3. The molecule has 6 N–H and O–H groups in total. The molecule has 0 aliphatic carbocycles. The maximum absolute atomic E-state index is 12.3. The molecule has 0 aromatic heterocycles. The minimum atomic E-state index is -0.480. The number of anilines is 3. The number of ether oxygens (including phenoxy) is 4. The van der Waals surface area contributed by atoms with E-state index in [-0.39, 0.29) is 36.5 Å². The van der Waals surface area contributed by atoms with Crippen LogP contribution in [-0.4, -0.2) is 82.6 Å². The summed E-state index contributed by atoms with van der Waals surface area (Å²) < 4.78 is 22.1. The highest BCUT2D eigenvalue weighted by Crippen LogP contribution is 2.34. The number of amides is 3. The quantitative estimate of drug-likeness (QED) is 0.170. The van der Waals surface area contributed by atoms with E-state index in [1.165, 1.54) is 0 Å². The van der Waals surface area contributed by atoms with Crippen LogP contribution < -0.4 is 17.2 Å². The molecule has 6 rings (SSSR count). The lowest BCUT2D eigenvalue weighted by atomic mass is 9.95. The number of nitrogens with zero attached hydrogens (tertiary/aromatic N) is 3. The molecule has 3 fully saturated rings. The van der Waals surface area contributed by atoms with E-state index in [0.717, 1.165) is 73.3 Å². The Kier molecular flexibility index (Phi) is 15.9. The van der Waals surface area contributed by atoms with Gasteiger partial charge in [0.05, 0.1) is 25.2 Å². The summed E-state index contributed by atoms with van der Waals surface area (Å²) in [4.78, 5) is 42.0. The van der Waals surface area contributed by atoms with Crippen LogP contribution >= 0.6 is 0 Å². The molecule has 3 saturated heterocycles. The van der Waals surface area contributed by atoms with E-state index >= 15 is 0 Å². The average molecular weight is 817 g/mol. The second kappa shape index (κ2) is 20.2. The molecule has 0 spiro atoms. The van der Waals surface area contributed by atoms with Gasteiger partial charge in [0.25, 0.3) is 0 Å². The Bertz CT molecular complexity index is 1800. The first-order valence-corrected chi connectivity index (χ1v) is 20.7. The number of rotatable bonds is 3. The molecule has 59 heavy (non-hydrogen) atoms. The normalized spacial score (nSPS) is 19.7. The highest BCUT2D eigenvalue weighted by Gasteiger charge is 2.34. The van der Waals surface area contributed by atoms with Crippen molar-refractivity contribution in [2.24, 2.45) is 0 Å². The highest BCUT2D eigenvalue weighted by molar-refractivity contribution is 5.70. The Morgan fingerprint density at radius 2 is 0.898 bits per heavy atom. The Morgan fingerprint density at radius 1 is 0.525 bits per heavy atom. The molecular formula is C46H68N6O7. The predicted octanol–water partition coefficient (Wildman–Crippen LogP) is 9.65. The molecule has 0 bridgehead atoms. The molecule has 3 aliphatic heterocycles. The first-order valence-electron chi connectivity index (χ1n) is 20.7. The fraction of sp³-hybridized carbons (Fsp3) is 0.543. The summed E-state index contributed by atoms with van der Waals surface area (Å²) in [6.45, 7) is 20.0. The van der Waals surface area contributed by atoms with Crippen LogP contribution in [0.3, 0.4) is 0 Å². The second-order valence-corrected chi connectivity index (χ2v) is 18.3. The number of morpholine rings is 1. The standard InChI is InChI=1S/C16H24N2O2.C15H22N2O3.C15H22N2O2/c1-16(2,3)20-15(19)18-11-5-4-6-14(18)12-7-9-13(17)10-8-12;1-15(2,3)20-14(18)17-8-9-19-13(10-17)11-4-6-12(16)7-5-11;1-15(2,3)19-14(18)17-10-4-5-13(17)11-6-8-12(16)9-7-11/h7-10,14H,4-6,11,17H2,1-3H3;4-7,13H,8-10,16H2,1-3H3;6-9,13H,4-5,10,16H2,1-3H3. The van der Waals surface area contributed by atoms with E-state index in [4.69, 9.17) is 36.1 Å². The number of carbonyl (C=O) groups excluding carboxylic acids is 3. The second-order valence-electron chi connectivity index (χ2n) is 18.3. The number of hydrogen-bond acceptors (Lipinski definition) is 10. The molecule has 0 radical (unpaired) electrons. The third-order valence-electron chi connectivity index (χ3n) is 9.68. The SMILES string of the molecule is CC(C)(C)OC(=O)N1CCCC1c1ccc(N)cc1.CC(C)(C)OC(=O)N1CCCCC1c1ccc(N)cc1.CC(C)(C)OC(=O)N1CCOC(c2ccc(N)cc2)C1. The summed E-state index contributed by atoms with van der Waals surface area (Å²) in [7, 11) is 0. The number of nitrogens with two attached hydrogens (primary N) is 3. The zero-order valence-electron chi connectivity index (χ0n) is 36.7. The van der Waals surface area contributed by atoms with Crippen molar-refractivity contribution in [3.05, 3.63) is 89.5 Å². The summed E-state index contributed by atoms with van der Waals surface area (Å²) in [6, 6.07) is 23.2. The fourth-order valence-corrected chi connectivity index (χ4v) is 6.96. The van der Waals surface area contributed by atoms with E-state index in [0.29, 0.717) is 25.4 Å². The number of piperidine rings is 1. The number of nitrogen functional groups attached to an aromatic ring is 3. The van der Waals surface area contributed by atoms with E-state index in [9.17, 15) is 14.4 Å². The fourth-order valence-electron chi connectivity index (χ4n) is 6.96. The maximum Gasteiger partial charge on any atom is 0.410 e. The van der Waals surface area contributed by atoms with Crippen LogP contribution in [0.1, 0.15) is 129 Å². The smallest absolute Gasteiger partial charge is 0.410 e. The molecule has 324 valence electrons. The summed E-state index contributed by atoms with van der Waals surface area (Å²) >= 11 is 0. The molecule has 3 unspecified atom stereocenters. The van der Waals surface area contributed by atoms with Gasteiger partial charge in [0.1, 0.15) is 22.9 Å². The van der Waals surface area contributed by atoms with Crippen molar-refractivity contribution in [1.82, 2.24) is 14.7 Å². The zero-order chi connectivity index (χ0) is 43.5. The van der Waals surface area contributed by atoms with Crippen LogP contribution in [-0.2, 0) is 18.9 Å². The van der Waals surface area contributed by atoms with Gasteiger partial charge in [-0.25, -0.2) is 14.4 Å². The van der Waals surface area contributed by atoms with E-state index in [2.05, 4.69) is 0 Å². The first-order chi connectivity index (χ1) is 27.6. The minimum absolute atomic E-state index is 0.0965. The Morgan fingerprint density at radius 3 is 1.32 bits per heavy atom. The molecule has 3 heterocycles. The van der Waals surface area contributed by atoms with Crippen LogP contribution in [0.5, 0.6) is 0 Å². The molecule has 13 heteroatoms. The van der Waals surface area contributed by atoms with Gasteiger partial charge in [-0.3, -0.25) is 0 Å². The number of benzene rings is 3. The van der Waals surface area contributed by atoms with Crippen LogP contribution in [0.4, 0.5) is 31.4 Å². The van der Waals surface area contributed by atoms with Crippen molar-refractivity contribution in [2.45, 2.75) is 129 Å². The van der Waals surface area contributed by atoms with Crippen LogP contribution in [0.15, 0.2) is 72.8 Å². The van der Waals surface area contributed by atoms with Crippen LogP contribution in [0.2, 0.25) is 0 Å². The lowest BCUT2D eigenvalue weighted by Gasteiger charge is -2.37. The number of hydrogen-bond donors (Lipinski definition) is 3. The van der Waals surface area contributed by atoms with Gasteiger partial charge >= 0.3 is 18.3 Å². The summed E-state index contributed by atoms with van der Waals surface area (Å²) in [5, 5.41) is 0. The minimum Gasteiger partial charge on any atom is -0.444 e. The Balaban J connectivity index is 0.000000196. The Hall–Kier alpha value is -5.17. The predicted molar refractivity (Wildman–Crippen MR) is 234 cm³/mol. The third-order valence-corrected chi connectivity index (χ3v) is 9.68. The lowest BCUT2D eigenvalue weighted by molar-refractivity contribution is -0.0432. The summed E-state index contributed by atoms with van der Waals surface area (Å²) in [5.74, 6) is 0. The first kappa shape index (κ1) is 46.5. The molecule has 3 aromatic carbocycles. The molecule has 3 aliphatic rings. The van der Waals surface area contributed by atoms with Crippen molar-refractivity contribution in [1.29, 1.82) is 0 Å². The van der Waals surface area contributed by atoms with E-state index in [1.54, 1.807) is 4.90 Å². The van der Waals surface area contributed by atoms with Gasteiger partial charge in [-0.15, -0.1) is 0 Å². The molecule has 3 aromatic rings. The maximum atomic E-state index is 12.3. The third kappa shape index (κ3) is 15.2. The van der Waals surface area contributed by atoms with Crippen molar-refractivity contribution in [3.8, 4) is 0 Å². The van der Waals surface area contributed by atoms with Crippen molar-refractivity contribution in [3.63, 3.8) is 0 Å². The van der Waals surface area contributed by atoms with Gasteiger partial charge in [-0.05, 0) is 148 Å². The van der Waals surface area contributed by atoms with Gasteiger partial charge in [-0.2, -0.15) is 0 Å². The topological polar surface area (TPSA) is 176 Å². The molecule has 3 atom stereocenters. The molecule has 3 amide bonds. The van der Waals surface area contributed by atoms with Gasteiger partial charge in [0.15, 0.2) is 0 Å². The van der Waals surface area contributed by atoms with Gasteiger partial charge in [0.2, 0.25) is 0 Å².